The van der Waals surface area contributed by atoms with E-state index in [9.17, 15) is 9.18 Å². The first-order valence-corrected chi connectivity index (χ1v) is 9.71. The molecule has 6 nitrogen and oxygen atoms in total. The number of hydrogen-bond donors (Lipinski definition) is 0. The summed E-state index contributed by atoms with van der Waals surface area (Å²) >= 11 is 6.23. The van der Waals surface area contributed by atoms with Crippen LogP contribution >= 0.6 is 11.6 Å². The second kappa shape index (κ2) is 7.45. The zero-order valence-electron chi connectivity index (χ0n) is 16.2. The molecule has 0 bridgehead atoms. The van der Waals surface area contributed by atoms with Crippen molar-refractivity contribution in [3.05, 3.63) is 77.3 Å². The van der Waals surface area contributed by atoms with E-state index >= 15 is 0 Å². The maximum Gasteiger partial charge on any atom is 0.227 e. The number of fused-ring (bicyclic) bond motifs is 1. The van der Waals surface area contributed by atoms with Crippen molar-refractivity contribution in [3.63, 3.8) is 0 Å². The monoisotopic (exact) mass is 432 g/mol. The van der Waals surface area contributed by atoms with Gasteiger partial charge in [-0.15, -0.1) is 10.2 Å². The van der Waals surface area contributed by atoms with Crippen molar-refractivity contribution < 1.29 is 13.6 Å². The van der Waals surface area contributed by atoms with Gasteiger partial charge >= 0.3 is 0 Å². The number of carbonyl (C=O) groups excluding carboxylic acids is 1. The highest BCUT2D eigenvalue weighted by Gasteiger charge is 2.16. The van der Waals surface area contributed by atoms with Gasteiger partial charge in [-0.2, -0.15) is 0 Å². The summed E-state index contributed by atoms with van der Waals surface area (Å²) in [4.78, 5) is 15.6. The minimum absolute atomic E-state index is 0.317. The molecule has 2 aromatic heterocycles. The molecule has 31 heavy (non-hydrogen) atoms. The largest absolute Gasteiger partial charge is 0.435 e. The van der Waals surface area contributed by atoms with Crippen LogP contribution in [0.25, 0.3) is 45.1 Å². The summed E-state index contributed by atoms with van der Waals surface area (Å²) in [6.07, 6.45) is 2.28. The van der Waals surface area contributed by atoms with E-state index in [2.05, 4.69) is 15.2 Å². The van der Waals surface area contributed by atoms with Gasteiger partial charge in [-0.25, -0.2) is 9.37 Å². The van der Waals surface area contributed by atoms with E-state index in [1.54, 1.807) is 30.1 Å². The molecule has 5 aromatic rings. The molecular formula is C23H14ClFN4O2. The first kappa shape index (κ1) is 19.1. The Bertz CT molecular complexity index is 1460. The Morgan fingerprint density at radius 2 is 1.90 bits per heavy atom. The van der Waals surface area contributed by atoms with Crippen molar-refractivity contribution >= 4 is 29.0 Å². The highest BCUT2D eigenvalue weighted by Crippen LogP contribution is 2.35. The molecule has 0 unspecified atom stereocenters. The number of oxazole rings is 1. The summed E-state index contributed by atoms with van der Waals surface area (Å²) < 4.78 is 21.6. The van der Waals surface area contributed by atoms with Gasteiger partial charge in [0.15, 0.2) is 11.4 Å². The number of carbonyl (C=O) groups is 1. The average Bonchev–Trinajstić information content (AvgIpc) is 3.40. The number of nitrogens with zero attached hydrogens (tertiary/aromatic N) is 4. The van der Waals surface area contributed by atoms with E-state index in [0.29, 0.717) is 50.8 Å². The molecule has 5 rings (SSSR count). The predicted molar refractivity (Wildman–Crippen MR) is 115 cm³/mol. The highest BCUT2D eigenvalue weighted by molar-refractivity contribution is 6.35. The molecule has 0 atom stereocenters. The third kappa shape index (κ3) is 3.39. The lowest BCUT2D eigenvalue weighted by molar-refractivity contribution is 0.112. The van der Waals surface area contributed by atoms with Gasteiger partial charge in [-0.3, -0.25) is 4.79 Å². The summed E-state index contributed by atoms with van der Waals surface area (Å²) in [6, 6.07) is 15.2. The number of halogens is 2. The van der Waals surface area contributed by atoms with Gasteiger partial charge in [0, 0.05) is 23.7 Å². The lowest BCUT2D eigenvalue weighted by Crippen LogP contribution is -1.95. The van der Waals surface area contributed by atoms with Crippen LogP contribution < -0.4 is 0 Å². The van der Waals surface area contributed by atoms with Gasteiger partial charge < -0.3 is 8.98 Å². The summed E-state index contributed by atoms with van der Waals surface area (Å²) in [5.74, 6) is 0.552. The third-order valence-electron chi connectivity index (χ3n) is 4.96. The van der Waals surface area contributed by atoms with E-state index in [-0.39, 0.29) is 5.82 Å². The van der Waals surface area contributed by atoms with Gasteiger partial charge in [-0.05, 0) is 47.5 Å². The Morgan fingerprint density at radius 1 is 1.06 bits per heavy atom. The number of aryl methyl sites for hydroxylation is 1. The number of aromatic nitrogens is 4. The predicted octanol–water partition coefficient (Wildman–Crippen LogP) is 5.56. The molecule has 152 valence electrons. The molecule has 0 aliphatic rings. The number of aldehydes is 1. The van der Waals surface area contributed by atoms with Crippen molar-refractivity contribution in [3.8, 4) is 34.0 Å². The van der Waals surface area contributed by atoms with Gasteiger partial charge in [0.25, 0.3) is 0 Å². The Morgan fingerprint density at radius 3 is 2.68 bits per heavy atom. The van der Waals surface area contributed by atoms with E-state index in [0.717, 1.165) is 11.1 Å². The molecule has 0 fully saturated rings. The molecule has 0 spiro atoms. The summed E-state index contributed by atoms with van der Waals surface area (Å²) in [7, 11) is 1.80. The molecule has 0 radical (unpaired) electrons. The second-order valence-corrected chi connectivity index (χ2v) is 7.43. The van der Waals surface area contributed by atoms with E-state index in [1.807, 2.05) is 24.3 Å². The first-order chi connectivity index (χ1) is 15.0. The van der Waals surface area contributed by atoms with E-state index in [4.69, 9.17) is 16.0 Å². The normalized spacial score (nSPS) is 11.2. The van der Waals surface area contributed by atoms with Gasteiger partial charge in [-0.1, -0.05) is 29.8 Å². The second-order valence-electron chi connectivity index (χ2n) is 7.02. The van der Waals surface area contributed by atoms with Crippen LogP contribution in [0.2, 0.25) is 5.02 Å². The van der Waals surface area contributed by atoms with Crippen LogP contribution in [0, 0.1) is 5.82 Å². The molecule has 8 heteroatoms. The van der Waals surface area contributed by atoms with Crippen LogP contribution in [-0.4, -0.2) is 26.0 Å². The molecule has 0 aliphatic carbocycles. The Labute approximate surface area is 180 Å². The minimum atomic E-state index is -0.363. The standard InChI is InChI=1S/C23H14ClFN4O2/c1-29-12-26-28-22(29)18-10-16(25)5-6-17(18)14-3-2-4-15(9-14)23-27-20-8-13(11-30)7-19(24)21(20)31-23/h2-12H,1H3. The highest BCUT2D eigenvalue weighted by atomic mass is 35.5. The first-order valence-electron chi connectivity index (χ1n) is 9.33. The molecule has 0 amide bonds. The maximum atomic E-state index is 14.0. The van der Waals surface area contributed by atoms with E-state index < -0.39 is 0 Å². The van der Waals surface area contributed by atoms with Gasteiger partial charge in [0.1, 0.15) is 23.9 Å². The SMILES string of the molecule is Cn1cnnc1-c1cc(F)ccc1-c1cccc(-c2nc3cc(C=O)cc(Cl)c3o2)c1. The van der Waals surface area contributed by atoms with E-state index in [1.165, 1.54) is 18.2 Å². The van der Waals surface area contributed by atoms with Crippen LogP contribution in [0.3, 0.4) is 0 Å². The number of benzene rings is 3. The summed E-state index contributed by atoms with van der Waals surface area (Å²) in [5.41, 5.74) is 4.28. The molecule has 0 saturated carbocycles. The minimum Gasteiger partial charge on any atom is -0.435 e. The zero-order chi connectivity index (χ0) is 21.5. The molecule has 0 N–H and O–H groups in total. The summed E-state index contributed by atoms with van der Waals surface area (Å²) in [6.45, 7) is 0. The van der Waals surface area contributed by atoms with Crippen LogP contribution in [0.5, 0.6) is 0 Å². The van der Waals surface area contributed by atoms with Crippen molar-refractivity contribution in [2.24, 2.45) is 7.05 Å². The fourth-order valence-corrected chi connectivity index (χ4v) is 3.77. The summed E-state index contributed by atoms with van der Waals surface area (Å²) in [5, 5.41) is 8.34. The Hall–Kier alpha value is -3.84. The fourth-order valence-electron chi connectivity index (χ4n) is 3.50. The van der Waals surface area contributed by atoms with Crippen LogP contribution in [0.1, 0.15) is 10.4 Å². The molecular weight excluding hydrogens is 419 g/mol. The number of rotatable bonds is 4. The maximum absolute atomic E-state index is 14.0. The lowest BCUT2D eigenvalue weighted by atomic mass is 9.97. The van der Waals surface area contributed by atoms with Crippen molar-refractivity contribution in [1.82, 2.24) is 19.7 Å². The topological polar surface area (TPSA) is 73.8 Å². The Balaban J connectivity index is 1.64. The van der Waals surface area contributed by atoms with Gasteiger partial charge in [0.2, 0.25) is 5.89 Å². The third-order valence-corrected chi connectivity index (χ3v) is 5.24. The fraction of sp³-hybridized carbons (Fsp3) is 0.0435. The molecule has 2 heterocycles. The zero-order valence-corrected chi connectivity index (χ0v) is 17.0. The molecule has 0 aliphatic heterocycles. The van der Waals surface area contributed by atoms with Crippen LogP contribution in [0.15, 0.2) is 65.3 Å². The van der Waals surface area contributed by atoms with Crippen LogP contribution in [0.4, 0.5) is 4.39 Å². The molecule has 0 saturated heterocycles. The van der Waals surface area contributed by atoms with Crippen molar-refractivity contribution in [2.45, 2.75) is 0 Å². The van der Waals surface area contributed by atoms with Crippen molar-refractivity contribution in [1.29, 1.82) is 0 Å². The Kier molecular flexibility index (Phi) is 4.60. The van der Waals surface area contributed by atoms with Crippen molar-refractivity contribution in [2.75, 3.05) is 0 Å². The average molecular weight is 433 g/mol. The quantitative estimate of drug-likeness (QED) is 0.347. The number of hydrogen-bond acceptors (Lipinski definition) is 5. The van der Waals surface area contributed by atoms with Gasteiger partial charge in [0.05, 0.1) is 5.02 Å². The lowest BCUT2D eigenvalue weighted by Gasteiger charge is -2.10. The molecule has 3 aromatic carbocycles. The smallest absolute Gasteiger partial charge is 0.227 e. The van der Waals surface area contributed by atoms with Crippen LogP contribution in [-0.2, 0) is 7.05 Å².